The fourth-order valence-electron chi connectivity index (χ4n) is 1.77. The van der Waals surface area contributed by atoms with Crippen LogP contribution in [0, 0.1) is 0 Å². The number of thioether (sulfide) groups is 1. The average Bonchev–Trinajstić information content (AvgIpc) is 2.54. The van der Waals surface area contributed by atoms with E-state index in [4.69, 9.17) is 0 Å². The zero-order chi connectivity index (χ0) is 15.8. The molecule has 0 atom stereocenters. The summed E-state index contributed by atoms with van der Waals surface area (Å²) >= 11 is 1.36. The van der Waals surface area contributed by atoms with Crippen molar-refractivity contribution in [3.05, 3.63) is 54.2 Å². The molecule has 0 spiro atoms. The summed E-state index contributed by atoms with van der Waals surface area (Å²) in [4.78, 5) is 27.8. The van der Waals surface area contributed by atoms with Crippen LogP contribution < -0.4 is 10.6 Å². The van der Waals surface area contributed by atoms with Gasteiger partial charge < -0.3 is 10.6 Å². The number of aromatic nitrogens is 1. The minimum absolute atomic E-state index is 0.135. The standard InChI is InChI=1S/C16H17N3O2S/c1-2-17-16(21)12-6-5-7-13(10-12)19-14(20)11-22-15-8-3-4-9-18-15/h3-10H,2,11H2,1H3,(H,17,21)(H,19,20). The molecule has 0 aliphatic rings. The third-order valence-corrected chi connectivity index (χ3v) is 3.68. The molecule has 0 bridgehead atoms. The van der Waals surface area contributed by atoms with Crippen LogP contribution in [0.4, 0.5) is 5.69 Å². The van der Waals surface area contributed by atoms with Crippen LogP contribution in [-0.4, -0.2) is 29.1 Å². The van der Waals surface area contributed by atoms with Crippen molar-refractivity contribution in [2.75, 3.05) is 17.6 Å². The van der Waals surface area contributed by atoms with Crippen LogP contribution in [0.25, 0.3) is 0 Å². The lowest BCUT2D eigenvalue weighted by atomic mass is 10.2. The number of hydrogen-bond donors (Lipinski definition) is 2. The summed E-state index contributed by atoms with van der Waals surface area (Å²) in [5.74, 6) is -0.0206. The number of nitrogens with one attached hydrogen (secondary N) is 2. The van der Waals surface area contributed by atoms with Crippen molar-refractivity contribution >= 4 is 29.3 Å². The fraction of sp³-hybridized carbons (Fsp3) is 0.188. The highest BCUT2D eigenvalue weighted by atomic mass is 32.2. The zero-order valence-electron chi connectivity index (χ0n) is 12.2. The van der Waals surface area contributed by atoms with Crippen molar-refractivity contribution in [1.29, 1.82) is 0 Å². The Morgan fingerprint density at radius 3 is 2.77 bits per heavy atom. The highest BCUT2D eigenvalue weighted by Crippen LogP contribution is 2.15. The van der Waals surface area contributed by atoms with Gasteiger partial charge in [0.15, 0.2) is 0 Å². The first kappa shape index (κ1) is 16.0. The van der Waals surface area contributed by atoms with E-state index >= 15 is 0 Å². The van der Waals surface area contributed by atoms with E-state index in [0.29, 0.717) is 17.8 Å². The monoisotopic (exact) mass is 315 g/mol. The van der Waals surface area contributed by atoms with Gasteiger partial charge in [0.05, 0.1) is 10.8 Å². The lowest BCUT2D eigenvalue weighted by Gasteiger charge is -2.07. The van der Waals surface area contributed by atoms with Gasteiger partial charge in [-0.2, -0.15) is 0 Å². The molecule has 2 aromatic rings. The van der Waals surface area contributed by atoms with Crippen molar-refractivity contribution in [2.45, 2.75) is 11.9 Å². The maximum atomic E-state index is 11.9. The van der Waals surface area contributed by atoms with E-state index in [0.717, 1.165) is 5.03 Å². The van der Waals surface area contributed by atoms with Crippen molar-refractivity contribution in [3.8, 4) is 0 Å². The molecule has 1 heterocycles. The largest absolute Gasteiger partial charge is 0.352 e. The molecule has 6 heteroatoms. The summed E-state index contributed by atoms with van der Waals surface area (Å²) in [6.45, 7) is 2.43. The molecule has 5 nitrogen and oxygen atoms in total. The molecule has 1 aromatic carbocycles. The predicted molar refractivity (Wildman–Crippen MR) is 88.0 cm³/mol. The molecule has 2 rings (SSSR count). The Morgan fingerprint density at radius 1 is 1.18 bits per heavy atom. The Hall–Kier alpha value is -2.34. The van der Waals surface area contributed by atoms with Crippen molar-refractivity contribution in [3.63, 3.8) is 0 Å². The lowest BCUT2D eigenvalue weighted by Crippen LogP contribution is -2.23. The Kier molecular flexibility index (Phi) is 5.97. The van der Waals surface area contributed by atoms with E-state index in [1.165, 1.54) is 11.8 Å². The highest BCUT2D eigenvalue weighted by Gasteiger charge is 2.07. The van der Waals surface area contributed by atoms with Crippen molar-refractivity contribution < 1.29 is 9.59 Å². The van der Waals surface area contributed by atoms with Crippen LogP contribution in [0.3, 0.4) is 0 Å². The molecular weight excluding hydrogens is 298 g/mol. The van der Waals surface area contributed by atoms with E-state index in [2.05, 4.69) is 15.6 Å². The minimum atomic E-state index is -0.151. The first-order valence-electron chi connectivity index (χ1n) is 6.91. The van der Waals surface area contributed by atoms with Crippen LogP contribution in [0.1, 0.15) is 17.3 Å². The van der Waals surface area contributed by atoms with E-state index in [1.807, 2.05) is 25.1 Å². The Bertz CT molecular complexity index is 647. The van der Waals surface area contributed by atoms with Crippen LogP contribution in [0.5, 0.6) is 0 Å². The number of hydrogen-bond acceptors (Lipinski definition) is 4. The molecule has 2 amide bonds. The third kappa shape index (κ3) is 4.89. The summed E-state index contributed by atoms with van der Waals surface area (Å²) < 4.78 is 0. The van der Waals surface area contributed by atoms with Gasteiger partial charge in [-0.15, -0.1) is 0 Å². The number of carbonyl (C=O) groups excluding carboxylic acids is 2. The number of rotatable bonds is 6. The SMILES string of the molecule is CCNC(=O)c1cccc(NC(=O)CSc2ccccn2)c1. The van der Waals surface area contributed by atoms with Crippen LogP contribution >= 0.6 is 11.8 Å². The molecule has 114 valence electrons. The third-order valence-electron chi connectivity index (χ3n) is 2.73. The van der Waals surface area contributed by atoms with Gasteiger partial charge in [-0.05, 0) is 37.3 Å². The number of benzene rings is 1. The van der Waals surface area contributed by atoms with Gasteiger partial charge in [0.2, 0.25) is 5.91 Å². The molecule has 0 saturated carbocycles. The van der Waals surface area contributed by atoms with Crippen LogP contribution in [0.2, 0.25) is 0 Å². The first-order chi connectivity index (χ1) is 10.7. The maximum Gasteiger partial charge on any atom is 0.251 e. The molecule has 0 aliphatic heterocycles. The van der Waals surface area contributed by atoms with E-state index in [1.54, 1.807) is 30.5 Å². The molecule has 0 unspecified atom stereocenters. The molecule has 0 fully saturated rings. The summed E-state index contributed by atoms with van der Waals surface area (Å²) in [6, 6.07) is 12.4. The second-order valence-corrected chi connectivity index (χ2v) is 5.44. The quantitative estimate of drug-likeness (QED) is 0.804. The molecule has 0 radical (unpaired) electrons. The van der Waals surface area contributed by atoms with Crippen molar-refractivity contribution in [2.24, 2.45) is 0 Å². The van der Waals surface area contributed by atoms with E-state index < -0.39 is 0 Å². The first-order valence-corrected chi connectivity index (χ1v) is 7.89. The van der Waals surface area contributed by atoms with E-state index in [-0.39, 0.29) is 17.6 Å². The lowest BCUT2D eigenvalue weighted by molar-refractivity contribution is -0.113. The van der Waals surface area contributed by atoms with Crippen LogP contribution in [0.15, 0.2) is 53.7 Å². The number of amides is 2. The normalized spacial score (nSPS) is 10.0. The maximum absolute atomic E-state index is 11.9. The number of anilines is 1. The number of pyridine rings is 1. The second-order valence-electron chi connectivity index (χ2n) is 4.45. The van der Waals surface area contributed by atoms with Gasteiger partial charge in [0, 0.05) is 24.0 Å². The molecule has 0 saturated heterocycles. The average molecular weight is 315 g/mol. The zero-order valence-corrected chi connectivity index (χ0v) is 13.0. The van der Waals surface area contributed by atoms with Crippen molar-refractivity contribution in [1.82, 2.24) is 10.3 Å². The topological polar surface area (TPSA) is 71.1 Å². The highest BCUT2D eigenvalue weighted by molar-refractivity contribution is 7.99. The Balaban J connectivity index is 1.91. The van der Waals surface area contributed by atoms with E-state index in [9.17, 15) is 9.59 Å². The summed E-state index contributed by atoms with van der Waals surface area (Å²) in [6.07, 6.45) is 1.69. The number of carbonyl (C=O) groups is 2. The summed E-state index contributed by atoms with van der Waals surface area (Å²) in [5.41, 5.74) is 1.13. The summed E-state index contributed by atoms with van der Waals surface area (Å²) in [7, 11) is 0. The summed E-state index contributed by atoms with van der Waals surface area (Å²) in [5, 5.41) is 6.31. The molecule has 2 N–H and O–H groups in total. The minimum Gasteiger partial charge on any atom is -0.352 e. The predicted octanol–water partition coefficient (Wildman–Crippen LogP) is 2.56. The van der Waals surface area contributed by atoms with Crippen LogP contribution in [-0.2, 0) is 4.79 Å². The fourth-order valence-corrected chi connectivity index (χ4v) is 2.43. The molecule has 22 heavy (non-hydrogen) atoms. The van der Waals surface area contributed by atoms with Gasteiger partial charge >= 0.3 is 0 Å². The Labute approximate surface area is 133 Å². The van der Waals surface area contributed by atoms with Gasteiger partial charge in [-0.1, -0.05) is 23.9 Å². The second kappa shape index (κ2) is 8.19. The van der Waals surface area contributed by atoms with Gasteiger partial charge in [-0.25, -0.2) is 4.98 Å². The van der Waals surface area contributed by atoms with Gasteiger partial charge in [0.25, 0.3) is 5.91 Å². The smallest absolute Gasteiger partial charge is 0.251 e. The molecule has 0 aliphatic carbocycles. The van der Waals surface area contributed by atoms with Gasteiger partial charge in [-0.3, -0.25) is 9.59 Å². The Morgan fingerprint density at radius 2 is 2.05 bits per heavy atom. The molecule has 1 aromatic heterocycles. The number of nitrogens with zero attached hydrogens (tertiary/aromatic N) is 1. The van der Waals surface area contributed by atoms with Gasteiger partial charge in [0.1, 0.15) is 0 Å². The molecular formula is C16H17N3O2S.